The Kier molecular flexibility index (Phi) is 4.67. The summed E-state index contributed by atoms with van der Waals surface area (Å²) in [7, 11) is 0. The van der Waals surface area contributed by atoms with E-state index >= 15 is 0 Å². The zero-order chi connectivity index (χ0) is 20.5. The first-order chi connectivity index (χ1) is 13.9. The number of nitro benzene ring substituents is 1. The average Bonchev–Trinajstić information content (AvgIpc) is 3.10. The summed E-state index contributed by atoms with van der Waals surface area (Å²) in [5.74, 6) is -2.29. The molecule has 0 bridgehead atoms. The first kappa shape index (κ1) is 18.5. The Hall–Kier alpha value is -3.81. The fourth-order valence-corrected chi connectivity index (χ4v) is 3.35. The molecule has 1 amide bonds. The Bertz CT molecular complexity index is 1150. The summed E-state index contributed by atoms with van der Waals surface area (Å²) in [4.78, 5) is 36.2. The van der Waals surface area contributed by atoms with Gasteiger partial charge in [-0.15, -0.1) is 0 Å². The lowest BCUT2D eigenvalue weighted by molar-refractivity contribution is -0.387. The number of hydrogen-bond donors (Lipinski definition) is 0. The van der Waals surface area contributed by atoms with Gasteiger partial charge < -0.3 is 9.64 Å². The van der Waals surface area contributed by atoms with Crippen molar-refractivity contribution in [3.05, 3.63) is 76.6 Å². The largest absolute Gasteiger partial charge is 0.426 e. The second kappa shape index (κ2) is 7.31. The zero-order valence-corrected chi connectivity index (χ0v) is 15.1. The molecule has 29 heavy (non-hydrogen) atoms. The molecule has 0 spiro atoms. The van der Waals surface area contributed by atoms with Gasteiger partial charge in [-0.3, -0.25) is 19.7 Å². The highest BCUT2D eigenvalue weighted by Gasteiger charge is 2.37. The molecule has 1 heterocycles. The van der Waals surface area contributed by atoms with Gasteiger partial charge in [0, 0.05) is 19.0 Å². The summed E-state index contributed by atoms with van der Waals surface area (Å²) in [6.45, 7) is 0.00797. The van der Waals surface area contributed by atoms with Gasteiger partial charge in [0.05, 0.1) is 16.5 Å². The van der Waals surface area contributed by atoms with Crippen molar-refractivity contribution in [3.63, 3.8) is 0 Å². The molecule has 4 rings (SSSR count). The molecular formula is C21H15FN2O5. The van der Waals surface area contributed by atoms with E-state index in [4.69, 9.17) is 4.74 Å². The molecule has 8 heteroatoms. The van der Waals surface area contributed by atoms with Crippen LogP contribution in [-0.4, -0.2) is 23.3 Å². The summed E-state index contributed by atoms with van der Waals surface area (Å²) >= 11 is 0. The molecule has 1 aliphatic rings. The van der Waals surface area contributed by atoms with Crippen LogP contribution in [0.5, 0.6) is 5.75 Å². The van der Waals surface area contributed by atoms with Gasteiger partial charge in [0.25, 0.3) is 0 Å². The Labute approximate surface area is 164 Å². The van der Waals surface area contributed by atoms with E-state index in [1.54, 1.807) is 12.1 Å². The van der Waals surface area contributed by atoms with Crippen molar-refractivity contribution in [2.45, 2.75) is 6.42 Å². The molecule has 0 radical (unpaired) electrons. The smallest absolute Gasteiger partial charge is 0.316 e. The summed E-state index contributed by atoms with van der Waals surface area (Å²) in [5.41, 5.74) is -0.554. The number of rotatable bonds is 4. The molecule has 0 N–H and O–H groups in total. The highest BCUT2D eigenvalue weighted by atomic mass is 19.1. The fraction of sp³-hybridized carbons (Fsp3) is 0.143. The third-order valence-electron chi connectivity index (χ3n) is 4.84. The van der Waals surface area contributed by atoms with Crippen LogP contribution >= 0.6 is 0 Å². The number of ether oxygens (including phenoxy) is 1. The number of nitro groups is 1. The van der Waals surface area contributed by atoms with Crippen LogP contribution in [0.4, 0.5) is 15.8 Å². The highest BCUT2D eigenvalue weighted by Crippen LogP contribution is 2.30. The maximum atomic E-state index is 13.5. The van der Waals surface area contributed by atoms with Gasteiger partial charge >= 0.3 is 11.7 Å². The lowest BCUT2D eigenvalue weighted by atomic mass is 10.1. The van der Waals surface area contributed by atoms with E-state index in [1.807, 2.05) is 30.3 Å². The van der Waals surface area contributed by atoms with Crippen molar-refractivity contribution in [2.24, 2.45) is 5.92 Å². The van der Waals surface area contributed by atoms with Crippen molar-refractivity contribution >= 4 is 34.0 Å². The summed E-state index contributed by atoms with van der Waals surface area (Å²) in [6, 6.07) is 16.1. The van der Waals surface area contributed by atoms with Crippen LogP contribution < -0.4 is 9.64 Å². The van der Waals surface area contributed by atoms with Gasteiger partial charge in [0.15, 0.2) is 0 Å². The second-order valence-electron chi connectivity index (χ2n) is 6.73. The normalized spacial score (nSPS) is 16.2. The molecule has 146 valence electrons. The van der Waals surface area contributed by atoms with Gasteiger partial charge in [-0.05, 0) is 35.0 Å². The molecule has 0 aromatic heterocycles. The maximum Gasteiger partial charge on any atom is 0.316 e. The third kappa shape index (κ3) is 3.64. The SMILES string of the molecule is O=C(Oc1ccc2ccccc2c1)C1CC(=O)N(c2ccc(F)c([N+](=O)[O-])c2)C1. The van der Waals surface area contributed by atoms with E-state index in [0.29, 0.717) is 5.75 Å². The van der Waals surface area contributed by atoms with E-state index in [-0.39, 0.29) is 24.6 Å². The number of anilines is 1. The molecule has 0 saturated carbocycles. The van der Waals surface area contributed by atoms with Crippen LogP contribution in [-0.2, 0) is 9.59 Å². The fourth-order valence-electron chi connectivity index (χ4n) is 3.35. The van der Waals surface area contributed by atoms with Crippen LogP contribution in [0.3, 0.4) is 0 Å². The minimum Gasteiger partial charge on any atom is -0.426 e. The standard InChI is InChI=1S/C21H15FN2O5/c22-18-8-6-16(11-19(18)24(27)28)23-12-15(10-20(23)25)21(26)29-17-7-5-13-3-1-2-4-14(13)9-17/h1-9,11,15H,10,12H2. The Morgan fingerprint density at radius 1 is 1.10 bits per heavy atom. The first-order valence-corrected chi connectivity index (χ1v) is 8.87. The van der Waals surface area contributed by atoms with E-state index in [9.17, 15) is 24.1 Å². The predicted molar refractivity (Wildman–Crippen MR) is 103 cm³/mol. The quantitative estimate of drug-likeness (QED) is 0.290. The molecule has 7 nitrogen and oxygen atoms in total. The van der Waals surface area contributed by atoms with Crippen LogP contribution in [0, 0.1) is 21.8 Å². The van der Waals surface area contributed by atoms with Crippen molar-refractivity contribution < 1.29 is 23.6 Å². The number of halogens is 1. The van der Waals surface area contributed by atoms with E-state index < -0.39 is 28.3 Å². The number of nitrogens with zero attached hydrogens (tertiary/aromatic N) is 2. The van der Waals surface area contributed by atoms with Crippen LogP contribution in [0.1, 0.15) is 6.42 Å². The van der Waals surface area contributed by atoms with Crippen molar-refractivity contribution in [1.29, 1.82) is 0 Å². The topological polar surface area (TPSA) is 89.8 Å². The molecular weight excluding hydrogens is 379 g/mol. The minimum atomic E-state index is -0.988. The van der Waals surface area contributed by atoms with Crippen LogP contribution in [0.25, 0.3) is 10.8 Å². The lowest BCUT2D eigenvalue weighted by Crippen LogP contribution is -2.27. The van der Waals surface area contributed by atoms with Crippen LogP contribution in [0.2, 0.25) is 0 Å². The summed E-state index contributed by atoms with van der Waals surface area (Å²) in [5, 5.41) is 12.9. The van der Waals surface area contributed by atoms with Gasteiger partial charge in [0.2, 0.25) is 11.7 Å². The number of fused-ring (bicyclic) bond motifs is 1. The minimum absolute atomic E-state index is 0.00797. The Morgan fingerprint density at radius 3 is 2.62 bits per heavy atom. The number of hydrogen-bond acceptors (Lipinski definition) is 5. The molecule has 0 aliphatic carbocycles. The molecule has 1 unspecified atom stereocenters. The molecule has 1 saturated heterocycles. The molecule has 3 aromatic rings. The zero-order valence-electron chi connectivity index (χ0n) is 15.1. The maximum absolute atomic E-state index is 13.5. The number of carbonyl (C=O) groups excluding carboxylic acids is 2. The number of carbonyl (C=O) groups is 2. The van der Waals surface area contributed by atoms with Gasteiger partial charge in [-0.2, -0.15) is 4.39 Å². The lowest BCUT2D eigenvalue weighted by Gasteiger charge is -2.16. The molecule has 1 atom stereocenters. The highest BCUT2D eigenvalue weighted by molar-refractivity contribution is 6.00. The van der Waals surface area contributed by atoms with E-state index in [2.05, 4.69) is 0 Å². The Balaban J connectivity index is 1.50. The summed E-state index contributed by atoms with van der Waals surface area (Å²) in [6.07, 6.45) is -0.0857. The predicted octanol–water partition coefficient (Wildman–Crippen LogP) is 3.85. The number of amides is 1. The van der Waals surface area contributed by atoms with E-state index in [0.717, 1.165) is 22.9 Å². The molecule has 3 aromatic carbocycles. The van der Waals surface area contributed by atoms with Crippen molar-refractivity contribution in [1.82, 2.24) is 0 Å². The van der Waals surface area contributed by atoms with Gasteiger partial charge in [-0.1, -0.05) is 30.3 Å². The van der Waals surface area contributed by atoms with Crippen molar-refractivity contribution in [3.8, 4) is 5.75 Å². The van der Waals surface area contributed by atoms with Crippen LogP contribution in [0.15, 0.2) is 60.7 Å². The third-order valence-corrected chi connectivity index (χ3v) is 4.84. The van der Waals surface area contributed by atoms with Gasteiger partial charge in [-0.25, -0.2) is 0 Å². The molecule has 1 aliphatic heterocycles. The van der Waals surface area contributed by atoms with Crippen molar-refractivity contribution in [2.75, 3.05) is 11.4 Å². The van der Waals surface area contributed by atoms with Gasteiger partial charge in [0.1, 0.15) is 5.75 Å². The first-order valence-electron chi connectivity index (χ1n) is 8.87. The summed E-state index contributed by atoms with van der Waals surface area (Å²) < 4.78 is 19.0. The number of benzene rings is 3. The number of esters is 1. The monoisotopic (exact) mass is 394 g/mol. The molecule has 1 fully saturated rings. The average molecular weight is 394 g/mol. The Morgan fingerprint density at radius 2 is 1.86 bits per heavy atom. The second-order valence-corrected chi connectivity index (χ2v) is 6.73. The van der Waals surface area contributed by atoms with E-state index in [1.165, 1.54) is 11.0 Å².